The number of methoxy groups -OCH3 is 2. The van der Waals surface area contributed by atoms with Gasteiger partial charge in [-0.15, -0.1) is 0 Å². The summed E-state index contributed by atoms with van der Waals surface area (Å²) in [6, 6.07) is 11.0. The molecule has 0 unspecified atom stereocenters. The van der Waals surface area contributed by atoms with E-state index in [2.05, 4.69) is 4.98 Å². The monoisotopic (exact) mass is 270 g/mol. The van der Waals surface area contributed by atoms with Crippen molar-refractivity contribution in [3.63, 3.8) is 0 Å². The molecule has 5 nitrogen and oxygen atoms in total. The van der Waals surface area contributed by atoms with E-state index in [0.29, 0.717) is 34.2 Å². The second-order valence-electron chi connectivity index (χ2n) is 4.28. The molecule has 2 N–H and O–H groups in total. The number of fused-ring (bicyclic) bond motifs is 1. The molecule has 0 aliphatic rings. The molecule has 0 saturated carbocycles. The summed E-state index contributed by atoms with van der Waals surface area (Å²) in [4.78, 5) is 4.43. The van der Waals surface area contributed by atoms with Crippen molar-refractivity contribution in [1.29, 1.82) is 0 Å². The van der Waals surface area contributed by atoms with Crippen LogP contribution in [0.25, 0.3) is 22.6 Å². The predicted octanol–water partition coefficient (Wildman–Crippen LogP) is 3.09. The van der Waals surface area contributed by atoms with Gasteiger partial charge in [-0.3, -0.25) is 0 Å². The molecule has 0 atom stereocenters. The van der Waals surface area contributed by atoms with Crippen molar-refractivity contribution in [3.8, 4) is 23.0 Å². The van der Waals surface area contributed by atoms with Gasteiger partial charge in [0.1, 0.15) is 5.52 Å². The summed E-state index contributed by atoms with van der Waals surface area (Å²) in [5, 5.41) is 0. The summed E-state index contributed by atoms with van der Waals surface area (Å²) in [7, 11) is 3.18. The number of hydrogen-bond donors (Lipinski definition) is 1. The topological polar surface area (TPSA) is 70.5 Å². The van der Waals surface area contributed by atoms with E-state index in [4.69, 9.17) is 19.6 Å². The number of hydrogen-bond acceptors (Lipinski definition) is 5. The maximum absolute atomic E-state index is 5.88. The Morgan fingerprint density at radius 2 is 1.85 bits per heavy atom. The van der Waals surface area contributed by atoms with Crippen molar-refractivity contribution in [1.82, 2.24) is 4.98 Å². The number of rotatable bonds is 3. The van der Waals surface area contributed by atoms with Crippen molar-refractivity contribution in [3.05, 3.63) is 36.4 Å². The number of ether oxygens (including phenoxy) is 2. The predicted molar refractivity (Wildman–Crippen MR) is 77.0 cm³/mol. The van der Waals surface area contributed by atoms with Crippen LogP contribution in [-0.4, -0.2) is 19.2 Å². The highest BCUT2D eigenvalue weighted by atomic mass is 16.5. The minimum absolute atomic E-state index is 0.499. The van der Waals surface area contributed by atoms with E-state index in [1.54, 1.807) is 20.3 Å². The van der Waals surface area contributed by atoms with Crippen LogP contribution >= 0.6 is 0 Å². The van der Waals surface area contributed by atoms with E-state index < -0.39 is 0 Å². The van der Waals surface area contributed by atoms with Crippen LogP contribution in [0.15, 0.2) is 40.8 Å². The van der Waals surface area contributed by atoms with Gasteiger partial charge in [0, 0.05) is 5.56 Å². The molecule has 2 aromatic carbocycles. The fourth-order valence-electron chi connectivity index (χ4n) is 2.06. The van der Waals surface area contributed by atoms with Gasteiger partial charge in [-0.25, -0.2) is 4.98 Å². The zero-order valence-electron chi connectivity index (χ0n) is 11.2. The Labute approximate surface area is 115 Å². The summed E-state index contributed by atoms with van der Waals surface area (Å²) in [6.07, 6.45) is 0. The molecule has 5 heteroatoms. The minimum Gasteiger partial charge on any atom is -0.493 e. The first-order valence-electron chi connectivity index (χ1n) is 6.10. The van der Waals surface area contributed by atoms with Crippen molar-refractivity contribution < 1.29 is 13.9 Å². The summed E-state index contributed by atoms with van der Waals surface area (Å²) in [6.45, 7) is 0. The maximum Gasteiger partial charge on any atom is 0.227 e. The fourth-order valence-corrected chi connectivity index (χ4v) is 2.06. The number of nitrogens with two attached hydrogens (primary N) is 1. The van der Waals surface area contributed by atoms with Gasteiger partial charge >= 0.3 is 0 Å². The van der Waals surface area contributed by atoms with E-state index in [-0.39, 0.29) is 0 Å². The Hall–Kier alpha value is -2.69. The highest BCUT2D eigenvalue weighted by Gasteiger charge is 2.12. The molecule has 0 radical (unpaired) electrons. The van der Waals surface area contributed by atoms with Gasteiger partial charge in [-0.1, -0.05) is 6.07 Å². The van der Waals surface area contributed by atoms with Gasteiger partial charge in [-0.2, -0.15) is 0 Å². The van der Waals surface area contributed by atoms with Gasteiger partial charge in [-0.05, 0) is 30.3 Å². The molecule has 3 rings (SSSR count). The van der Waals surface area contributed by atoms with Crippen molar-refractivity contribution in [2.45, 2.75) is 0 Å². The molecule has 0 saturated heterocycles. The quantitative estimate of drug-likeness (QED) is 0.740. The molecule has 0 aliphatic heterocycles. The van der Waals surface area contributed by atoms with Crippen LogP contribution in [0.4, 0.5) is 5.69 Å². The van der Waals surface area contributed by atoms with Crippen LogP contribution in [0.5, 0.6) is 11.5 Å². The van der Waals surface area contributed by atoms with Gasteiger partial charge in [0.25, 0.3) is 0 Å². The lowest BCUT2D eigenvalue weighted by molar-refractivity contribution is 0.355. The van der Waals surface area contributed by atoms with Gasteiger partial charge in [0.2, 0.25) is 5.89 Å². The third-order valence-electron chi connectivity index (χ3n) is 3.08. The molecule has 0 amide bonds. The Bertz CT molecular complexity index is 765. The van der Waals surface area contributed by atoms with E-state index in [0.717, 1.165) is 5.56 Å². The number of nitrogen functional groups attached to an aromatic ring is 1. The number of benzene rings is 2. The van der Waals surface area contributed by atoms with Crippen LogP contribution in [0, 0.1) is 0 Å². The molecule has 1 heterocycles. The summed E-state index contributed by atoms with van der Waals surface area (Å²) in [5.74, 6) is 1.78. The van der Waals surface area contributed by atoms with Crippen LogP contribution in [-0.2, 0) is 0 Å². The van der Waals surface area contributed by atoms with Gasteiger partial charge < -0.3 is 19.6 Å². The Morgan fingerprint density at radius 1 is 1.05 bits per heavy atom. The largest absolute Gasteiger partial charge is 0.493 e. The van der Waals surface area contributed by atoms with Crippen molar-refractivity contribution >= 4 is 16.8 Å². The molecular formula is C15H14N2O3. The molecule has 0 fully saturated rings. The molecular weight excluding hydrogens is 256 g/mol. The molecule has 20 heavy (non-hydrogen) atoms. The van der Waals surface area contributed by atoms with E-state index in [1.807, 2.05) is 30.3 Å². The van der Waals surface area contributed by atoms with Crippen LogP contribution < -0.4 is 15.2 Å². The third-order valence-corrected chi connectivity index (χ3v) is 3.08. The first-order valence-corrected chi connectivity index (χ1v) is 6.10. The number of para-hydroxylation sites is 1. The zero-order chi connectivity index (χ0) is 14.1. The highest BCUT2D eigenvalue weighted by Crippen LogP contribution is 2.33. The van der Waals surface area contributed by atoms with Crippen molar-refractivity contribution in [2.75, 3.05) is 20.0 Å². The molecule has 0 spiro atoms. The Balaban J connectivity index is 2.13. The summed E-state index contributed by atoms with van der Waals surface area (Å²) >= 11 is 0. The van der Waals surface area contributed by atoms with Crippen molar-refractivity contribution in [2.24, 2.45) is 0 Å². The Morgan fingerprint density at radius 3 is 2.55 bits per heavy atom. The Kier molecular flexibility index (Phi) is 2.95. The smallest absolute Gasteiger partial charge is 0.227 e. The third kappa shape index (κ3) is 1.93. The number of nitrogens with zero attached hydrogens (tertiary/aromatic N) is 1. The second kappa shape index (κ2) is 4.77. The lowest BCUT2D eigenvalue weighted by Gasteiger charge is -2.07. The lowest BCUT2D eigenvalue weighted by atomic mass is 10.2. The number of aromatic nitrogens is 1. The number of anilines is 1. The zero-order valence-corrected chi connectivity index (χ0v) is 11.2. The van der Waals surface area contributed by atoms with Gasteiger partial charge in [0.15, 0.2) is 17.1 Å². The molecule has 0 aliphatic carbocycles. The number of oxazole rings is 1. The van der Waals surface area contributed by atoms with E-state index >= 15 is 0 Å². The highest BCUT2D eigenvalue weighted by molar-refractivity contribution is 5.87. The first-order chi connectivity index (χ1) is 9.72. The molecule has 3 aromatic rings. The fraction of sp³-hybridized carbons (Fsp3) is 0.133. The summed E-state index contributed by atoms with van der Waals surface area (Å²) in [5.41, 5.74) is 8.61. The van der Waals surface area contributed by atoms with Gasteiger partial charge in [0.05, 0.1) is 19.9 Å². The average molecular weight is 270 g/mol. The van der Waals surface area contributed by atoms with E-state index in [9.17, 15) is 0 Å². The minimum atomic E-state index is 0.499. The van der Waals surface area contributed by atoms with Crippen LogP contribution in [0.3, 0.4) is 0 Å². The standard InChI is InChI=1S/C15H14N2O3/c1-18-11-7-6-9(8-13(11)19-2)15-17-14-10(16)4-3-5-12(14)20-15/h3-8H,16H2,1-2H3. The van der Waals surface area contributed by atoms with Crippen LogP contribution in [0.1, 0.15) is 0 Å². The van der Waals surface area contributed by atoms with Crippen LogP contribution in [0.2, 0.25) is 0 Å². The first kappa shape index (κ1) is 12.3. The average Bonchev–Trinajstić information content (AvgIpc) is 2.92. The maximum atomic E-state index is 5.88. The molecule has 0 bridgehead atoms. The molecule has 1 aromatic heterocycles. The molecule has 102 valence electrons. The summed E-state index contributed by atoms with van der Waals surface area (Å²) < 4.78 is 16.2. The lowest BCUT2D eigenvalue weighted by Crippen LogP contribution is -1.91. The second-order valence-corrected chi connectivity index (χ2v) is 4.28. The normalized spacial score (nSPS) is 10.7. The van der Waals surface area contributed by atoms with E-state index in [1.165, 1.54) is 0 Å². The SMILES string of the molecule is COc1ccc(-c2nc3c(N)cccc3o2)cc1OC.